The second-order valence-electron chi connectivity index (χ2n) is 9.16. The van der Waals surface area contributed by atoms with Crippen molar-refractivity contribution in [1.29, 1.82) is 0 Å². The van der Waals surface area contributed by atoms with Crippen molar-refractivity contribution in [1.82, 2.24) is 9.97 Å². The van der Waals surface area contributed by atoms with E-state index in [1.54, 1.807) is 24.5 Å². The molecule has 0 aliphatic heterocycles. The first-order chi connectivity index (χ1) is 16.5. The number of unbranched alkanes of at least 4 members (excludes halogenated alkanes) is 2. The van der Waals surface area contributed by atoms with E-state index in [2.05, 4.69) is 16.9 Å². The third kappa shape index (κ3) is 7.74. The van der Waals surface area contributed by atoms with Gasteiger partial charge in [-0.25, -0.2) is 23.5 Å². The molecule has 1 atom stereocenters. The van der Waals surface area contributed by atoms with E-state index >= 15 is 0 Å². The molecule has 0 bridgehead atoms. The maximum absolute atomic E-state index is 14.6. The summed E-state index contributed by atoms with van der Waals surface area (Å²) in [5.74, 6) is -0.249. The van der Waals surface area contributed by atoms with Crippen molar-refractivity contribution in [2.75, 3.05) is 6.61 Å². The quantitative estimate of drug-likeness (QED) is 0.323. The number of nitrogens with zero attached hydrogens (tertiary/aromatic N) is 2. The van der Waals surface area contributed by atoms with Gasteiger partial charge >= 0.3 is 5.97 Å². The predicted octanol–water partition coefficient (Wildman–Crippen LogP) is 6.63. The molecule has 1 fully saturated rings. The SMILES string of the molecule is CCCCc1cnc(-c2ccc(OCC3CCC(OC(=O)[C@@H](F)CCCC)CC3)c(F)c2)nc1. The van der Waals surface area contributed by atoms with Crippen molar-refractivity contribution in [3.8, 4) is 17.1 Å². The molecule has 0 radical (unpaired) electrons. The van der Waals surface area contributed by atoms with Gasteiger partial charge in [0, 0.05) is 18.0 Å². The predicted molar refractivity (Wildman–Crippen MR) is 128 cm³/mol. The van der Waals surface area contributed by atoms with Crippen LogP contribution < -0.4 is 4.74 Å². The van der Waals surface area contributed by atoms with Crippen molar-refractivity contribution >= 4 is 5.97 Å². The summed E-state index contributed by atoms with van der Waals surface area (Å²) in [6.07, 6.45) is 9.65. The normalized spacial score (nSPS) is 18.9. The van der Waals surface area contributed by atoms with Gasteiger partial charge in [-0.15, -0.1) is 0 Å². The first-order valence-electron chi connectivity index (χ1n) is 12.6. The van der Waals surface area contributed by atoms with Gasteiger partial charge in [0.1, 0.15) is 6.10 Å². The summed E-state index contributed by atoms with van der Waals surface area (Å²) >= 11 is 0. The first-order valence-corrected chi connectivity index (χ1v) is 12.6. The summed E-state index contributed by atoms with van der Waals surface area (Å²) in [5.41, 5.74) is 1.69. The summed E-state index contributed by atoms with van der Waals surface area (Å²) in [6, 6.07) is 4.78. The lowest BCUT2D eigenvalue weighted by atomic mass is 9.88. The molecule has 34 heavy (non-hydrogen) atoms. The van der Waals surface area contributed by atoms with Gasteiger partial charge in [-0.05, 0) is 74.6 Å². The molecule has 0 saturated heterocycles. The zero-order valence-electron chi connectivity index (χ0n) is 20.3. The lowest BCUT2D eigenvalue weighted by molar-refractivity contribution is -0.157. The number of alkyl halides is 1. The fourth-order valence-electron chi connectivity index (χ4n) is 4.13. The standard InChI is InChI=1S/C27H36F2N2O3/c1-3-5-7-20-16-30-26(31-17-20)21-11-14-25(24(29)15-21)33-18-19-9-12-22(13-10-19)34-27(32)23(28)8-6-4-2/h11,14-17,19,22-23H,3-10,12-13,18H2,1-2H3/t19?,22?,23-/m0/s1. The minimum absolute atomic E-state index is 0.202. The van der Waals surface area contributed by atoms with Crippen LogP contribution in [0.25, 0.3) is 11.4 Å². The van der Waals surface area contributed by atoms with Crippen molar-refractivity contribution < 1.29 is 23.0 Å². The molecule has 1 aromatic carbocycles. The highest BCUT2D eigenvalue weighted by molar-refractivity contribution is 5.74. The Morgan fingerprint density at radius 2 is 1.79 bits per heavy atom. The third-order valence-electron chi connectivity index (χ3n) is 6.33. The second-order valence-corrected chi connectivity index (χ2v) is 9.16. The number of hydrogen-bond donors (Lipinski definition) is 0. The third-order valence-corrected chi connectivity index (χ3v) is 6.33. The highest BCUT2D eigenvalue weighted by Crippen LogP contribution is 2.29. The number of carbonyl (C=O) groups excluding carboxylic acids is 1. The average Bonchev–Trinajstić information content (AvgIpc) is 2.86. The van der Waals surface area contributed by atoms with Crippen LogP contribution in [0.2, 0.25) is 0 Å². The Hall–Kier alpha value is -2.57. The van der Waals surface area contributed by atoms with E-state index in [1.165, 1.54) is 6.07 Å². The molecule has 3 rings (SSSR count). The van der Waals surface area contributed by atoms with E-state index in [0.717, 1.165) is 44.1 Å². The van der Waals surface area contributed by atoms with E-state index < -0.39 is 18.0 Å². The number of aryl methyl sites for hydroxylation is 1. The lowest BCUT2D eigenvalue weighted by Crippen LogP contribution is -2.30. The maximum atomic E-state index is 14.6. The van der Waals surface area contributed by atoms with Crippen molar-refractivity contribution in [2.24, 2.45) is 5.92 Å². The van der Waals surface area contributed by atoms with Crippen LogP contribution >= 0.6 is 0 Å². The van der Waals surface area contributed by atoms with E-state index in [0.29, 0.717) is 37.3 Å². The zero-order chi connectivity index (χ0) is 24.3. The molecule has 1 aliphatic rings. The molecule has 1 aliphatic carbocycles. The van der Waals surface area contributed by atoms with Crippen LogP contribution in [0.15, 0.2) is 30.6 Å². The van der Waals surface area contributed by atoms with E-state index in [9.17, 15) is 13.6 Å². The number of aromatic nitrogens is 2. The number of halogens is 2. The van der Waals surface area contributed by atoms with Gasteiger partial charge in [0.15, 0.2) is 23.6 Å². The molecule has 186 valence electrons. The van der Waals surface area contributed by atoms with Gasteiger partial charge in [0.25, 0.3) is 0 Å². The highest BCUT2D eigenvalue weighted by Gasteiger charge is 2.27. The van der Waals surface area contributed by atoms with E-state index in [-0.39, 0.29) is 24.2 Å². The number of carbonyl (C=O) groups is 1. The summed E-state index contributed by atoms with van der Waals surface area (Å²) in [6.45, 7) is 4.49. The Kier molecular flexibility index (Phi) is 10.2. The number of hydrogen-bond acceptors (Lipinski definition) is 5. The van der Waals surface area contributed by atoms with Gasteiger partial charge in [0.05, 0.1) is 6.61 Å². The van der Waals surface area contributed by atoms with Crippen LogP contribution in [-0.4, -0.2) is 34.8 Å². The Balaban J connectivity index is 1.44. The van der Waals surface area contributed by atoms with Crippen LogP contribution in [0.1, 0.15) is 77.2 Å². The minimum Gasteiger partial charge on any atom is -0.490 e. The Labute approximate surface area is 201 Å². The van der Waals surface area contributed by atoms with Gasteiger partial charge in [-0.2, -0.15) is 0 Å². The topological polar surface area (TPSA) is 61.3 Å². The molecule has 0 unspecified atom stereocenters. The van der Waals surface area contributed by atoms with E-state index in [4.69, 9.17) is 9.47 Å². The molecule has 5 nitrogen and oxygen atoms in total. The fraction of sp³-hybridized carbons (Fsp3) is 0.593. The van der Waals surface area contributed by atoms with Crippen LogP contribution in [0.5, 0.6) is 5.75 Å². The number of benzene rings is 1. The van der Waals surface area contributed by atoms with Crippen molar-refractivity contribution in [2.45, 2.75) is 90.3 Å². The Morgan fingerprint density at radius 3 is 2.44 bits per heavy atom. The number of rotatable bonds is 12. The maximum Gasteiger partial charge on any atom is 0.340 e. The smallest absolute Gasteiger partial charge is 0.340 e. The van der Waals surface area contributed by atoms with Gasteiger partial charge in [-0.1, -0.05) is 33.1 Å². The van der Waals surface area contributed by atoms with Crippen LogP contribution in [0.3, 0.4) is 0 Å². The largest absolute Gasteiger partial charge is 0.490 e. The second kappa shape index (κ2) is 13.4. The monoisotopic (exact) mass is 474 g/mol. The van der Waals surface area contributed by atoms with E-state index in [1.807, 2.05) is 6.92 Å². The van der Waals surface area contributed by atoms with Gasteiger partial charge in [0.2, 0.25) is 0 Å². The summed E-state index contributed by atoms with van der Waals surface area (Å²) in [5, 5.41) is 0. The van der Waals surface area contributed by atoms with Crippen molar-refractivity contribution in [3.63, 3.8) is 0 Å². The zero-order valence-corrected chi connectivity index (χ0v) is 20.3. The Morgan fingerprint density at radius 1 is 1.09 bits per heavy atom. The number of esters is 1. The molecule has 0 spiro atoms. The van der Waals surface area contributed by atoms with Crippen LogP contribution in [0.4, 0.5) is 8.78 Å². The van der Waals surface area contributed by atoms with Gasteiger partial charge < -0.3 is 9.47 Å². The molecule has 1 heterocycles. The molecule has 1 aromatic heterocycles. The van der Waals surface area contributed by atoms with Gasteiger partial charge in [-0.3, -0.25) is 0 Å². The molecule has 2 aromatic rings. The Bertz CT molecular complexity index is 899. The molecule has 7 heteroatoms. The summed E-state index contributed by atoms with van der Waals surface area (Å²) in [4.78, 5) is 20.6. The lowest BCUT2D eigenvalue weighted by Gasteiger charge is -2.28. The average molecular weight is 475 g/mol. The first kappa shape index (κ1) is 26.0. The molecule has 1 saturated carbocycles. The minimum atomic E-state index is -1.53. The molecule has 0 N–H and O–H groups in total. The number of ether oxygens (including phenoxy) is 2. The fourth-order valence-corrected chi connectivity index (χ4v) is 4.13. The summed E-state index contributed by atoms with van der Waals surface area (Å²) in [7, 11) is 0. The summed E-state index contributed by atoms with van der Waals surface area (Å²) < 4.78 is 39.5. The molecular weight excluding hydrogens is 438 g/mol. The molecular formula is C27H36F2N2O3. The molecule has 0 amide bonds. The highest BCUT2D eigenvalue weighted by atomic mass is 19.1. The van der Waals surface area contributed by atoms with Crippen molar-refractivity contribution in [3.05, 3.63) is 42.0 Å². The van der Waals surface area contributed by atoms with Crippen LogP contribution in [-0.2, 0) is 16.0 Å². The van der Waals surface area contributed by atoms with Crippen LogP contribution in [0, 0.1) is 11.7 Å².